The number of benzene rings is 1. The third-order valence-electron chi connectivity index (χ3n) is 4.05. The van der Waals surface area contributed by atoms with Crippen molar-refractivity contribution in [2.75, 3.05) is 13.7 Å². The quantitative estimate of drug-likeness (QED) is 0.202. The maximum atomic E-state index is 5.46. The highest BCUT2D eigenvalue weighted by Crippen LogP contribution is 2.29. The first-order valence-corrected chi connectivity index (χ1v) is 9.21. The van der Waals surface area contributed by atoms with E-state index in [1.54, 1.807) is 20.2 Å². The molecule has 5 nitrogen and oxygen atoms in total. The number of oxime groups is 1. The van der Waals surface area contributed by atoms with Crippen molar-refractivity contribution >= 4 is 12.3 Å². The van der Waals surface area contributed by atoms with Gasteiger partial charge in [0.15, 0.2) is 17.3 Å². The molecule has 0 saturated carbocycles. The van der Waals surface area contributed by atoms with E-state index in [0.717, 1.165) is 35.4 Å². The summed E-state index contributed by atoms with van der Waals surface area (Å²) in [6.45, 7) is 10.0. The molecule has 1 N–H and O–H groups in total. The van der Waals surface area contributed by atoms with Crippen LogP contribution in [-0.2, 0) is 4.84 Å². The molecule has 0 radical (unpaired) electrons. The third-order valence-corrected chi connectivity index (χ3v) is 4.05. The fourth-order valence-corrected chi connectivity index (χ4v) is 2.68. The molecular weight excluding hydrogens is 364 g/mol. The van der Waals surface area contributed by atoms with Crippen LogP contribution in [0.3, 0.4) is 0 Å². The third kappa shape index (κ3) is 6.47. The molecular formula is C24H26N2O3. The van der Waals surface area contributed by atoms with Crippen molar-refractivity contribution in [3.05, 3.63) is 77.9 Å². The second-order valence-electron chi connectivity index (χ2n) is 6.10. The van der Waals surface area contributed by atoms with Gasteiger partial charge in [0.2, 0.25) is 0 Å². The van der Waals surface area contributed by atoms with Crippen LogP contribution in [0.25, 0.3) is 6.08 Å². The van der Waals surface area contributed by atoms with E-state index in [9.17, 15) is 0 Å². The number of nitrogens with one attached hydrogen (secondary N) is 1. The molecule has 0 aromatic heterocycles. The predicted molar refractivity (Wildman–Crippen MR) is 118 cm³/mol. The van der Waals surface area contributed by atoms with Gasteiger partial charge in [0.25, 0.3) is 0 Å². The maximum Gasteiger partial charge on any atom is 0.162 e. The highest BCUT2D eigenvalue weighted by atomic mass is 16.6. The number of terminal acetylenes is 1. The number of rotatable bonds is 10. The molecule has 0 heterocycles. The van der Waals surface area contributed by atoms with Crippen LogP contribution >= 0.6 is 0 Å². The van der Waals surface area contributed by atoms with Crippen LogP contribution < -0.4 is 14.8 Å². The summed E-state index contributed by atoms with van der Waals surface area (Å²) in [5.41, 5.74) is 3.54. The number of hydrogen-bond acceptors (Lipinski definition) is 5. The van der Waals surface area contributed by atoms with Crippen LogP contribution in [-0.4, -0.2) is 19.9 Å². The number of methoxy groups -OCH3 is 1. The first-order valence-electron chi connectivity index (χ1n) is 9.21. The molecule has 0 saturated heterocycles. The van der Waals surface area contributed by atoms with Gasteiger partial charge in [0.1, 0.15) is 6.61 Å². The van der Waals surface area contributed by atoms with Gasteiger partial charge in [-0.05, 0) is 49.6 Å². The van der Waals surface area contributed by atoms with E-state index < -0.39 is 0 Å². The van der Waals surface area contributed by atoms with Crippen molar-refractivity contribution in [2.24, 2.45) is 5.16 Å². The van der Waals surface area contributed by atoms with Crippen LogP contribution in [0.2, 0.25) is 0 Å². The maximum absolute atomic E-state index is 5.46. The Morgan fingerprint density at radius 3 is 2.90 bits per heavy atom. The molecule has 150 valence electrons. The fourth-order valence-electron chi connectivity index (χ4n) is 2.68. The van der Waals surface area contributed by atoms with Gasteiger partial charge in [0, 0.05) is 23.2 Å². The zero-order valence-corrected chi connectivity index (χ0v) is 16.9. The van der Waals surface area contributed by atoms with E-state index in [1.807, 2.05) is 36.4 Å². The molecule has 1 aliphatic rings. The minimum Gasteiger partial charge on any atom is -0.493 e. The molecule has 0 amide bonds. The Balaban J connectivity index is 2.10. The lowest BCUT2D eigenvalue weighted by molar-refractivity contribution is 0.236. The average molecular weight is 390 g/mol. The lowest BCUT2D eigenvalue weighted by atomic mass is 10.0. The molecule has 0 aliphatic heterocycles. The summed E-state index contributed by atoms with van der Waals surface area (Å²) in [5, 5.41) is 7.10. The molecule has 0 unspecified atom stereocenters. The van der Waals surface area contributed by atoms with E-state index in [1.165, 1.54) is 0 Å². The first kappa shape index (κ1) is 21.6. The highest BCUT2D eigenvalue weighted by molar-refractivity contribution is 5.58. The van der Waals surface area contributed by atoms with Gasteiger partial charge in [-0.25, -0.2) is 0 Å². The summed E-state index contributed by atoms with van der Waals surface area (Å²) < 4.78 is 10.8. The number of hydrogen-bond donors (Lipinski definition) is 1. The van der Waals surface area contributed by atoms with E-state index in [-0.39, 0.29) is 6.61 Å². The predicted octanol–water partition coefficient (Wildman–Crippen LogP) is 4.96. The van der Waals surface area contributed by atoms with Crippen molar-refractivity contribution < 1.29 is 14.3 Å². The second kappa shape index (κ2) is 11.3. The summed E-state index contributed by atoms with van der Waals surface area (Å²) >= 11 is 0. The van der Waals surface area contributed by atoms with Crippen molar-refractivity contribution in [3.8, 4) is 23.8 Å². The molecule has 2 rings (SSSR count). The summed E-state index contributed by atoms with van der Waals surface area (Å²) in [7, 11) is 1.59. The molecule has 0 fully saturated rings. The number of nitrogens with zero attached hydrogens (tertiary/aromatic N) is 1. The van der Waals surface area contributed by atoms with Gasteiger partial charge < -0.3 is 19.6 Å². The largest absolute Gasteiger partial charge is 0.493 e. The molecule has 0 spiro atoms. The van der Waals surface area contributed by atoms with Crippen molar-refractivity contribution in [1.82, 2.24) is 5.32 Å². The van der Waals surface area contributed by atoms with Crippen LogP contribution in [0.1, 0.15) is 25.3 Å². The summed E-state index contributed by atoms with van der Waals surface area (Å²) in [4.78, 5) is 5.29. The smallest absolute Gasteiger partial charge is 0.162 e. The minimum absolute atomic E-state index is 0.190. The zero-order valence-electron chi connectivity index (χ0n) is 16.9. The van der Waals surface area contributed by atoms with Crippen molar-refractivity contribution in [2.45, 2.75) is 19.8 Å². The molecule has 1 aromatic carbocycles. The number of allylic oxidation sites excluding steroid dienone is 4. The first-order chi connectivity index (χ1) is 14.1. The van der Waals surface area contributed by atoms with Crippen molar-refractivity contribution in [1.29, 1.82) is 0 Å². The number of ether oxygens (including phenoxy) is 2. The van der Waals surface area contributed by atoms with E-state index >= 15 is 0 Å². The Hall–Kier alpha value is -3.65. The minimum atomic E-state index is 0.190. The fraction of sp³-hybridized carbons (Fsp3) is 0.208. The van der Waals surface area contributed by atoms with Crippen LogP contribution in [0, 0.1) is 12.3 Å². The molecule has 0 bridgehead atoms. The Kier molecular flexibility index (Phi) is 8.40. The lowest BCUT2D eigenvalue weighted by Gasteiger charge is -2.18. The SMILES string of the molecule is C#CCOc1ccc(/C=C/C(=C)NC2=C(C(=C)O/N=C\C)CCC=C2)cc1OC. The topological polar surface area (TPSA) is 52.1 Å². The van der Waals surface area contributed by atoms with Crippen molar-refractivity contribution in [3.63, 3.8) is 0 Å². The van der Waals surface area contributed by atoms with E-state index in [2.05, 4.69) is 35.6 Å². The van der Waals surface area contributed by atoms with Gasteiger partial charge in [-0.15, -0.1) is 6.42 Å². The average Bonchev–Trinajstić information content (AvgIpc) is 2.75. The zero-order chi connectivity index (χ0) is 21.1. The molecule has 5 heteroatoms. The summed E-state index contributed by atoms with van der Waals surface area (Å²) in [6.07, 6.45) is 16.5. The lowest BCUT2D eigenvalue weighted by Crippen LogP contribution is -2.14. The van der Waals surface area contributed by atoms with Gasteiger partial charge in [-0.3, -0.25) is 0 Å². The van der Waals surface area contributed by atoms with Crippen LogP contribution in [0.15, 0.2) is 77.5 Å². The Morgan fingerprint density at radius 2 is 2.17 bits per heavy atom. The van der Waals surface area contributed by atoms with E-state index in [4.69, 9.17) is 20.7 Å². The van der Waals surface area contributed by atoms with Gasteiger partial charge in [-0.2, -0.15) is 0 Å². The van der Waals surface area contributed by atoms with E-state index in [0.29, 0.717) is 17.3 Å². The normalized spacial score (nSPS) is 13.4. The Morgan fingerprint density at radius 1 is 1.34 bits per heavy atom. The monoisotopic (exact) mass is 390 g/mol. The van der Waals surface area contributed by atoms with Gasteiger partial charge >= 0.3 is 0 Å². The van der Waals surface area contributed by atoms with Gasteiger partial charge in [-0.1, -0.05) is 42.5 Å². The molecule has 1 aromatic rings. The molecule has 29 heavy (non-hydrogen) atoms. The Bertz CT molecular complexity index is 915. The van der Waals surface area contributed by atoms with Gasteiger partial charge in [0.05, 0.1) is 7.11 Å². The Labute approximate surface area is 172 Å². The summed E-state index contributed by atoms with van der Waals surface area (Å²) in [6, 6.07) is 5.62. The van der Waals surface area contributed by atoms with Crippen LogP contribution in [0.5, 0.6) is 11.5 Å². The second-order valence-corrected chi connectivity index (χ2v) is 6.10. The highest BCUT2D eigenvalue weighted by Gasteiger charge is 2.13. The molecule has 0 atom stereocenters. The standard InChI is InChI=1S/C24H26N2O3/c1-6-16-28-23-15-14-20(17-24(23)27-5)13-12-18(3)26-22-11-9-8-10-21(22)19(4)29-25-7-2/h1,7,9,11-15,17,26H,3-4,8,10,16H2,2,5H3/b13-12+,25-7-. The summed E-state index contributed by atoms with van der Waals surface area (Å²) in [5.74, 6) is 4.19. The molecule has 1 aliphatic carbocycles. The van der Waals surface area contributed by atoms with Crippen LogP contribution in [0.4, 0.5) is 0 Å².